The Labute approximate surface area is 101 Å². The molecule has 0 heterocycles. The summed E-state index contributed by atoms with van der Waals surface area (Å²) in [5.74, 6) is 2.25. The van der Waals surface area contributed by atoms with Crippen LogP contribution in [0.5, 0.6) is 0 Å². The zero-order valence-electron chi connectivity index (χ0n) is 11.8. The molecule has 0 radical (unpaired) electrons. The second kappa shape index (κ2) is 3.25. The van der Waals surface area contributed by atoms with Crippen LogP contribution < -0.4 is 0 Å². The van der Waals surface area contributed by atoms with E-state index in [0.29, 0.717) is 5.92 Å². The highest BCUT2D eigenvalue weighted by Crippen LogP contribution is 2.66. The fourth-order valence-corrected chi connectivity index (χ4v) is 4.63. The minimum absolute atomic E-state index is 0.0627. The largest absolute Gasteiger partial charge is 0.389 e. The highest BCUT2D eigenvalue weighted by atomic mass is 16.3. The Balaban J connectivity index is 2.43. The Kier molecular flexibility index (Phi) is 2.52. The van der Waals surface area contributed by atoms with Crippen LogP contribution in [-0.4, -0.2) is 10.7 Å². The first-order valence-electron chi connectivity index (χ1n) is 6.86. The van der Waals surface area contributed by atoms with Crippen LogP contribution in [0.25, 0.3) is 0 Å². The molecule has 0 saturated heterocycles. The fourth-order valence-electron chi connectivity index (χ4n) is 4.63. The van der Waals surface area contributed by atoms with Gasteiger partial charge in [0, 0.05) is 0 Å². The Morgan fingerprint density at radius 3 is 2.12 bits per heavy atom. The quantitative estimate of drug-likeness (QED) is 0.717. The smallest absolute Gasteiger partial charge is 0.0726 e. The lowest BCUT2D eigenvalue weighted by molar-refractivity contribution is -0.251. The van der Waals surface area contributed by atoms with Gasteiger partial charge in [0.1, 0.15) is 0 Å². The molecule has 2 bridgehead atoms. The van der Waals surface area contributed by atoms with Crippen LogP contribution in [0.1, 0.15) is 60.8 Å². The van der Waals surface area contributed by atoms with Crippen molar-refractivity contribution in [2.24, 2.45) is 28.6 Å². The van der Waals surface area contributed by atoms with E-state index >= 15 is 0 Å². The molecule has 0 spiro atoms. The van der Waals surface area contributed by atoms with Crippen molar-refractivity contribution in [3.63, 3.8) is 0 Å². The highest BCUT2D eigenvalue weighted by molar-refractivity contribution is 5.14. The summed E-state index contributed by atoms with van der Waals surface area (Å²) in [5.41, 5.74) is -0.318. The number of hydrogen-bond donors (Lipinski definition) is 1. The van der Waals surface area contributed by atoms with Gasteiger partial charge in [0.05, 0.1) is 5.60 Å². The topological polar surface area (TPSA) is 20.2 Å². The number of fused-ring (bicyclic) bond motifs is 3. The first-order chi connectivity index (χ1) is 7.13. The lowest BCUT2D eigenvalue weighted by Crippen LogP contribution is -2.66. The second-order valence-electron chi connectivity index (χ2n) is 7.61. The van der Waals surface area contributed by atoms with Gasteiger partial charge < -0.3 is 5.11 Å². The molecule has 3 aliphatic rings. The molecule has 0 aliphatic heterocycles. The lowest BCUT2D eigenvalue weighted by atomic mass is 9.40. The molecule has 4 atom stereocenters. The summed E-state index contributed by atoms with van der Waals surface area (Å²) in [4.78, 5) is 0. The summed E-state index contributed by atoms with van der Waals surface area (Å²) in [6.45, 7) is 13.6. The van der Waals surface area contributed by atoms with Crippen molar-refractivity contribution in [3.8, 4) is 0 Å². The molecule has 3 fully saturated rings. The van der Waals surface area contributed by atoms with Crippen molar-refractivity contribution in [1.82, 2.24) is 0 Å². The molecule has 0 aromatic carbocycles. The Morgan fingerprint density at radius 2 is 1.69 bits per heavy atom. The fraction of sp³-hybridized carbons (Fsp3) is 1.00. The Bertz CT molecular complexity index is 283. The molecule has 1 nitrogen and oxygen atoms in total. The van der Waals surface area contributed by atoms with Gasteiger partial charge in [0.2, 0.25) is 0 Å². The summed E-state index contributed by atoms with van der Waals surface area (Å²) in [5, 5.41) is 11.0. The first-order valence-corrected chi connectivity index (χ1v) is 6.86. The van der Waals surface area contributed by atoms with E-state index in [0.717, 1.165) is 11.8 Å². The normalized spacial score (nSPS) is 51.0. The number of hydrogen-bond acceptors (Lipinski definition) is 1. The van der Waals surface area contributed by atoms with Gasteiger partial charge >= 0.3 is 0 Å². The van der Waals surface area contributed by atoms with E-state index in [2.05, 4.69) is 41.5 Å². The molecule has 4 unspecified atom stereocenters. The van der Waals surface area contributed by atoms with E-state index in [1.54, 1.807) is 0 Å². The van der Waals surface area contributed by atoms with Crippen molar-refractivity contribution in [2.75, 3.05) is 0 Å². The van der Waals surface area contributed by atoms with E-state index in [1.807, 2.05) is 0 Å². The van der Waals surface area contributed by atoms with Crippen molar-refractivity contribution < 1.29 is 5.11 Å². The molecule has 0 aromatic rings. The maximum atomic E-state index is 11.0. The molecule has 0 aromatic heterocycles. The zero-order valence-corrected chi connectivity index (χ0v) is 11.8. The summed E-state index contributed by atoms with van der Waals surface area (Å²) < 4.78 is 0. The zero-order chi connectivity index (χ0) is 12.4. The van der Waals surface area contributed by atoms with E-state index < -0.39 is 5.60 Å². The van der Waals surface area contributed by atoms with Crippen LogP contribution in [0.3, 0.4) is 0 Å². The standard InChI is InChI=1S/C15H28O/c1-10(2)11-9-14(5)8-7-12(11)13(3,4)15(14,6)16/h10-12,16H,7-9H2,1-6H3. The van der Waals surface area contributed by atoms with Crippen molar-refractivity contribution in [2.45, 2.75) is 66.4 Å². The second-order valence-corrected chi connectivity index (χ2v) is 7.61. The molecule has 94 valence electrons. The number of aliphatic hydroxyl groups is 1. The lowest BCUT2D eigenvalue weighted by Gasteiger charge is -2.67. The molecular weight excluding hydrogens is 196 g/mol. The van der Waals surface area contributed by atoms with E-state index in [-0.39, 0.29) is 10.8 Å². The van der Waals surface area contributed by atoms with E-state index in [4.69, 9.17) is 0 Å². The van der Waals surface area contributed by atoms with Crippen LogP contribution >= 0.6 is 0 Å². The average Bonchev–Trinajstić information content (AvgIpc) is 2.14. The van der Waals surface area contributed by atoms with Gasteiger partial charge in [-0.05, 0) is 54.8 Å². The first kappa shape index (κ1) is 12.4. The van der Waals surface area contributed by atoms with Crippen molar-refractivity contribution in [3.05, 3.63) is 0 Å². The van der Waals surface area contributed by atoms with Crippen LogP contribution in [-0.2, 0) is 0 Å². The van der Waals surface area contributed by atoms with Crippen LogP contribution in [0.2, 0.25) is 0 Å². The summed E-state index contributed by atoms with van der Waals surface area (Å²) in [6, 6.07) is 0. The molecule has 16 heavy (non-hydrogen) atoms. The predicted octanol–water partition coefficient (Wildman–Crippen LogP) is 3.86. The Morgan fingerprint density at radius 1 is 1.12 bits per heavy atom. The highest BCUT2D eigenvalue weighted by Gasteiger charge is 2.64. The van der Waals surface area contributed by atoms with Gasteiger partial charge in [-0.3, -0.25) is 0 Å². The third kappa shape index (κ3) is 1.27. The molecule has 0 amide bonds. The van der Waals surface area contributed by atoms with Gasteiger partial charge in [-0.1, -0.05) is 34.6 Å². The maximum Gasteiger partial charge on any atom is 0.0726 e. The SMILES string of the molecule is CC(C)C1CC2(C)CCC1C(C)(C)C2(C)O. The monoisotopic (exact) mass is 224 g/mol. The van der Waals surface area contributed by atoms with Crippen LogP contribution in [0.4, 0.5) is 0 Å². The molecule has 3 aliphatic carbocycles. The minimum Gasteiger partial charge on any atom is -0.389 e. The minimum atomic E-state index is -0.506. The van der Waals surface area contributed by atoms with E-state index in [9.17, 15) is 5.11 Å². The molecular formula is C15H28O. The number of rotatable bonds is 1. The van der Waals surface area contributed by atoms with Crippen molar-refractivity contribution >= 4 is 0 Å². The molecule has 1 N–H and O–H groups in total. The molecule has 3 saturated carbocycles. The molecule has 3 rings (SSSR count). The van der Waals surface area contributed by atoms with Crippen LogP contribution in [0, 0.1) is 28.6 Å². The summed E-state index contributed by atoms with van der Waals surface area (Å²) >= 11 is 0. The van der Waals surface area contributed by atoms with Crippen molar-refractivity contribution in [1.29, 1.82) is 0 Å². The molecule has 1 heteroatoms. The van der Waals surface area contributed by atoms with Crippen LogP contribution in [0.15, 0.2) is 0 Å². The van der Waals surface area contributed by atoms with Gasteiger partial charge in [0.15, 0.2) is 0 Å². The van der Waals surface area contributed by atoms with E-state index in [1.165, 1.54) is 19.3 Å². The van der Waals surface area contributed by atoms with Gasteiger partial charge in [-0.15, -0.1) is 0 Å². The third-order valence-corrected chi connectivity index (χ3v) is 6.42. The average molecular weight is 224 g/mol. The predicted molar refractivity (Wildman–Crippen MR) is 68.2 cm³/mol. The maximum absolute atomic E-state index is 11.0. The van der Waals surface area contributed by atoms with Gasteiger partial charge in [-0.25, -0.2) is 0 Å². The van der Waals surface area contributed by atoms with Gasteiger partial charge in [-0.2, -0.15) is 0 Å². The third-order valence-electron chi connectivity index (χ3n) is 6.42. The summed E-state index contributed by atoms with van der Waals surface area (Å²) in [6.07, 6.45) is 3.73. The van der Waals surface area contributed by atoms with Gasteiger partial charge in [0.25, 0.3) is 0 Å². The Hall–Kier alpha value is -0.0400. The summed E-state index contributed by atoms with van der Waals surface area (Å²) in [7, 11) is 0.